The highest BCUT2D eigenvalue weighted by atomic mass is 19.4. The van der Waals surface area contributed by atoms with Crippen LogP contribution < -0.4 is 5.32 Å². The van der Waals surface area contributed by atoms with Gasteiger partial charge in [0.2, 0.25) is 0 Å². The fraction of sp³-hybridized carbons (Fsp3) is 0.0417. The second kappa shape index (κ2) is 8.40. The van der Waals surface area contributed by atoms with Crippen molar-refractivity contribution in [1.82, 2.24) is 5.16 Å². The third-order valence-electron chi connectivity index (χ3n) is 4.69. The number of anilines is 1. The minimum absolute atomic E-state index is 0.348. The number of rotatable bonds is 4. The van der Waals surface area contributed by atoms with Crippen molar-refractivity contribution in [3.63, 3.8) is 0 Å². The molecule has 0 fully saturated rings. The van der Waals surface area contributed by atoms with Crippen LogP contribution in [-0.2, 0) is 11.0 Å². The summed E-state index contributed by atoms with van der Waals surface area (Å²) in [6, 6.07) is 20.6. The Morgan fingerprint density at radius 1 is 1.03 bits per heavy atom. The van der Waals surface area contributed by atoms with Crippen molar-refractivity contribution >= 4 is 28.6 Å². The minimum Gasteiger partial charge on any atom is -0.355 e. The van der Waals surface area contributed by atoms with E-state index in [0.717, 1.165) is 17.7 Å². The number of nitrogens with zero attached hydrogens (tertiary/aromatic N) is 2. The van der Waals surface area contributed by atoms with Gasteiger partial charge in [-0.1, -0.05) is 53.7 Å². The van der Waals surface area contributed by atoms with Crippen molar-refractivity contribution in [1.29, 1.82) is 5.26 Å². The molecule has 0 aliphatic heterocycles. The van der Waals surface area contributed by atoms with E-state index < -0.39 is 23.3 Å². The average Bonchev–Trinajstić information content (AvgIpc) is 3.21. The molecular formula is C24H14F3N3O2. The zero-order valence-electron chi connectivity index (χ0n) is 16.4. The van der Waals surface area contributed by atoms with Gasteiger partial charge in [0.15, 0.2) is 5.76 Å². The normalized spacial score (nSPS) is 11.9. The number of benzene rings is 3. The molecule has 32 heavy (non-hydrogen) atoms. The maximum Gasteiger partial charge on any atom is 0.418 e. The summed E-state index contributed by atoms with van der Waals surface area (Å²) in [5, 5.41) is 16.3. The molecule has 4 rings (SSSR count). The van der Waals surface area contributed by atoms with Crippen LogP contribution in [-0.4, -0.2) is 11.1 Å². The van der Waals surface area contributed by atoms with E-state index in [1.165, 1.54) is 18.2 Å². The third kappa shape index (κ3) is 4.23. The monoisotopic (exact) mass is 433 g/mol. The topological polar surface area (TPSA) is 78.9 Å². The Balaban J connectivity index is 1.67. The summed E-state index contributed by atoms with van der Waals surface area (Å²) in [7, 11) is 0. The Morgan fingerprint density at radius 3 is 2.47 bits per heavy atom. The van der Waals surface area contributed by atoms with Gasteiger partial charge in [0.05, 0.1) is 16.6 Å². The van der Waals surface area contributed by atoms with Crippen molar-refractivity contribution < 1.29 is 22.5 Å². The lowest BCUT2D eigenvalue weighted by Crippen LogP contribution is -2.17. The molecule has 8 heteroatoms. The van der Waals surface area contributed by atoms with E-state index >= 15 is 0 Å². The van der Waals surface area contributed by atoms with Crippen molar-refractivity contribution in [2.45, 2.75) is 6.18 Å². The number of hydrogen-bond donors (Lipinski definition) is 1. The minimum atomic E-state index is -4.65. The van der Waals surface area contributed by atoms with Crippen LogP contribution in [0.25, 0.3) is 28.3 Å². The molecule has 158 valence electrons. The molecular weight excluding hydrogens is 419 g/mol. The molecule has 5 nitrogen and oxygen atoms in total. The van der Waals surface area contributed by atoms with Gasteiger partial charge in [-0.15, -0.1) is 0 Å². The quantitative estimate of drug-likeness (QED) is 0.313. The number of carbonyl (C=O) groups is 1. The highest BCUT2D eigenvalue weighted by Crippen LogP contribution is 2.35. The number of nitriles is 1. The Hall–Kier alpha value is -4.38. The van der Waals surface area contributed by atoms with Crippen LogP contribution in [0.5, 0.6) is 0 Å². The van der Waals surface area contributed by atoms with Gasteiger partial charge < -0.3 is 9.84 Å². The molecule has 0 bridgehead atoms. The van der Waals surface area contributed by atoms with E-state index in [2.05, 4.69) is 10.5 Å². The van der Waals surface area contributed by atoms with Gasteiger partial charge in [0.1, 0.15) is 17.2 Å². The molecule has 1 heterocycles. The van der Waals surface area contributed by atoms with Crippen molar-refractivity contribution in [3.05, 3.63) is 89.5 Å². The molecule has 3 aromatic carbocycles. The van der Waals surface area contributed by atoms with E-state index in [1.54, 1.807) is 24.3 Å². The molecule has 4 aromatic rings. The number of hydrogen-bond acceptors (Lipinski definition) is 4. The van der Waals surface area contributed by atoms with Crippen LogP contribution in [0.2, 0.25) is 0 Å². The summed E-state index contributed by atoms with van der Waals surface area (Å²) in [5.41, 5.74) is 0.116. The average molecular weight is 433 g/mol. The van der Waals surface area contributed by atoms with Gasteiger partial charge >= 0.3 is 6.18 Å². The Morgan fingerprint density at radius 2 is 1.75 bits per heavy atom. The molecule has 1 N–H and O–H groups in total. The molecule has 0 saturated heterocycles. The largest absolute Gasteiger partial charge is 0.418 e. The first-order valence-electron chi connectivity index (χ1n) is 9.41. The van der Waals surface area contributed by atoms with E-state index in [9.17, 15) is 23.2 Å². The first-order valence-corrected chi connectivity index (χ1v) is 9.41. The summed E-state index contributed by atoms with van der Waals surface area (Å²) in [4.78, 5) is 12.5. The van der Waals surface area contributed by atoms with Gasteiger partial charge in [-0.25, -0.2) is 0 Å². The summed E-state index contributed by atoms with van der Waals surface area (Å²) < 4.78 is 45.0. The van der Waals surface area contributed by atoms with Crippen LogP contribution in [0.15, 0.2) is 82.9 Å². The fourth-order valence-corrected chi connectivity index (χ4v) is 3.19. The molecule has 0 unspecified atom stereocenters. The summed E-state index contributed by atoms with van der Waals surface area (Å²) in [6.45, 7) is 0. The summed E-state index contributed by atoms with van der Waals surface area (Å²) in [5.74, 6) is -0.421. The molecule has 0 aliphatic carbocycles. The molecule has 1 amide bonds. The maximum absolute atomic E-state index is 13.2. The fourth-order valence-electron chi connectivity index (χ4n) is 3.19. The second-order valence-electron chi connectivity index (χ2n) is 6.82. The predicted molar refractivity (Wildman–Crippen MR) is 113 cm³/mol. The molecule has 0 saturated carbocycles. The van der Waals surface area contributed by atoms with Gasteiger partial charge in [-0.3, -0.25) is 4.79 Å². The van der Waals surface area contributed by atoms with Crippen molar-refractivity contribution in [3.8, 4) is 17.4 Å². The zero-order chi connectivity index (χ0) is 22.7. The number of amides is 1. The summed E-state index contributed by atoms with van der Waals surface area (Å²) in [6.07, 6.45) is -3.35. The molecule has 0 radical (unpaired) electrons. The summed E-state index contributed by atoms with van der Waals surface area (Å²) >= 11 is 0. The van der Waals surface area contributed by atoms with Crippen LogP contribution in [0.3, 0.4) is 0 Å². The number of fused-ring (bicyclic) bond motifs is 1. The SMILES string of the molecule is N#C/C(=C\c1ccc2noc(-c3ccccc3)c2c1)C(=O)Nc1ccccc1C(F)(F)F. The van der Waals surface area contributed by atoms with E-state index in [0.29, 0.717) is 22.2 Å². The molecule has 0 aliphatic rings. The lowest BCUT2D eigenvalue weighted by Gasteiger charge is -2.13. The van der Waals surface area contributed by atoms with Crippen LogP contribution in [0, 0.1) is 11.3 Å². The third-order valence-corrected chi connectivity index (χ3v) is 4.69. The number of carbonyl (C=O) groups excluding carboxylic acids is 1. The first kappa shape index (κ1) is 20.9. The first-order chi connectivity index (χ1) is 15.4. The molecule has 0 spiro atoms. The lowest BCUT2D eigenvalue weighted by molar-refractivity contribution is -0.137. The van der Waals surface area contributed by atoms with E-state index in [4.69, 9.17) is 4.52 Å². The van der Waals surface area contributed by atoms with Crippen molar-refractivity contribution in [2.75, 3.05) is 5.32 Å². The molecule has 0 atom stereocenters. The van der Waals surface area contributed by atoms with Gasteiger partial charge in [-0.2, -0.15) is 18.4 Å². The Kier molecular flexibility index (Phi) is 5.48. The van der Waals surface area contributed by atoms with E-state index in [-0.39, 0.29) is 5.57 Å². The zero-order valence-corrected chi connectivity index (χ0v) is 16.4. The number of aromatic nitrogens is 1. The van der Waals surface area contributed by atoms with Gasteiger partial charge in [0, 0.05) is 5.56 Å². The number of para-hydroxylation sites is 1. The van der Waals surface area contributed by atoms with Gasteiger partial charge in [0.25, 0.3) is 5.91 Å². The number of nitrogens with one attached hydrogen (secondary N) is 1. The second-order valence-corrected chi connectivity index (χ2v) is 6.82. The highest BCUT2D eigenvalue weighted by Gasteiger charge is 2.33. The Bertz CT molecular complexity index is 1370. The lowest BCUT2D eigenvalue weighted by atomic mass is 10.0. The standard InChI is InChI=1S/C24H14F3N3O2/c25-24(26,27)19-8-4-5-9-21(19)29-23(31)17(14-28)12-15-10-11-20-18(13-15)22(32-30-20)16-6-2-1-3-7-16/h1-13H,(H,29,31)/b17-12+. The van der Waals surface area contributed by atoms with Gasteiger partial charge in [-0.05, 0) is 35.9 Å². The smallest absolute Gasteiger partial charge is 0.355 e. The van der Waals surface area contributed by atoms with E-state index in [1.807, 2.05) is 30.3 Å². The highest BCUT2D eigenvalue weighted by molar-refractivity contribution is 6.10. The molecule has 1 aromatic heterocycles. The van der Waals surface area contributed by atoms with Crippen molar-refractivity contribution in [2.24, 2.45) is 0 Å². The number of halogens is 3. The Labute approximate surface area is 180 Å². The maximum atomic E-state index is 13.2. The predicted octanol–water partition coefficient (Wildman–Crippen LogP) is 6.06. The van der Waals surface area contributed by atoms with Crippen LogP contribution in [0.1, 0.15) is 11.1 Å². The van der Waals surface area contributed by atoms with Crippen LogP contribution in [0.4, 0.5) is 18.9 Å². The number of alkyl halides is 3. The van der Waals surface area contributed by atoms with Crippen LogP contribution >= 0.6 is 0 Å².